The minimum absolute atomic E-state index is 0.0107. The highest BCUT2D eigenvalue weighted by Crippen LogP contribution is 2.18. The fourth-order valence-corrected chi connectivity index (χ4v) is 1.57. The minimum atomic E-state index is -1.10. The second-order valence-electron chi connectivity index (χ2n) is 5.74. The molecule has 1 rings (SSSR count). The molecule has 1 heterocycles. The number of anilines is 1. The molecular formula is C13H21N3O3. The highest BCUT2D eigenvalue weighted by atomic mass is 16.4. The summed E-state index contributed by atoms with van der Waals surface area (Å²) in [5.41, 5.74) is 1.09. The zero-order chi connectivity index (χ0) is 14.6. The highest BCUT2D eigenvalue weighted by molar-refractivity contribution is 5.99. The van der Waals surface area contributed by atoms with Crippen LogP contribution in [0.5, 0.6) is 0 Å². The molecular weight excluding hydrogens is 246 g/mol. The van der Waals surface area contributed by atoms with Gasteiger partial charge in [0.25, 0.3) is 0 Å². The van der Waals surface area contributed by atoms with E-state index < -0.39 is 12.0 Å². The number of hydrogen-bond acceptors (Lipinski definition) is 2. The fourth-order valence-electron chi connectivity index (χ4n) is 1.57. The number of nitrogens with one attached hydrogen (secondary N) is 3. The summed E-state index contributed by atoms with van der Waals surface area (Å²) >= 11 is 0. The van der Waals surface area contributed by atoms with Crippen molar-refractivity contribution in [3.8, 4) is 0 Å². The van der Waals surface area contributed by atoms with E-state index in [1.54, 1.807) is 13.0 Å². The summed E-state index contributed by atoms with van der Waals surface area (Å²) in [5, 5.41) is 14.2. The van der Waals surface area contributed by atoms with Crippen LogP contribution in [0.25, 0.3) is 0 Å². The van der Waals surface area contributed by atoms with Crippen LogP contribution in [0.15, 0.2) is 6.07 Å². The van der Waals surface area contributed by atoms with E-state index in [4.69, 9.17) is 5.11 Å². The number of aryl methyl sites for hydroxylation is 1. The lowest BCUT2D eigenvalue weighted by molar-refractivity contribution is 0.0692. The SMILES string of the molecule is Cc1cc(NC(=O)NCCC(C)(C)C)c(C(=O)O)[nH]1. The molecule has 106 valence electrons. The largest absolute Gasteiger partial charge is 0.477 e. The molecule has 4 N–H and O–H groups in total. The molecule has 0 aliphatic rings. The Labute approximate surface area is 112 Å². The van der Waals surface area contributed by atoms with Gasteiger partial charge in [0.1, 0.15) is 5.69 Å². The molecule has 0 saturated carbocycles. The summed E-state index contributed by atoms with van der Waals surface area (Å²) in [5.74, 6) is -1.10. The van der Waals surface area contributed by atoms with Crippen LogP contribution in [-0.2, 0) is 0 Å². The molecule has 0 unspecified atom stereocenters. The Bertz CT molecular complexity index is 472. The summed E-state index contributed by atoms with van der Waals surface area (Å²) in [4.78, 5) is 25.3. The molecule has 0 spiro atoms. The third-order valence-electron chi connectivity index (χ3n) is 2.57. The van der Waals surface area contributed by atoms with Gasteiger partial charge >= 0.3 is 12.0 Å². The number of aromatic carboxylic acids is 1. The highest BCUT2D eigenvalue weighted by Gasteiger charge is 2.15. The normalized spacial score (nSPS) is 11.2. The number of carboxylic acids is 1. The molecule has 0 aliphatic heterocycles. The van der Waals surface area contributed by atoms with Gasteiger partial charge in [-0.15, -0.1) is 0 Å². The number of amides is 2. The predicted octanol–water partition coefficient (Wildman–Crippen LogP) is 2.58. The van der Waals surface area contributed by atoms with Crippen LogP contribution in [0.1, 0.15) is 43.4 Å². The number of hydrogen-bond donors (Lipinski definition) is 4. The third-order valence-corrected chi connectivity index (χ3v) is 2.57. The number of H-pyrrole nitrogens is 1. The van der Waals surface area contributed by atoms with Crippen molar-refractivity contribution in [3.05, 3.63) is 17.5 Å². The zero-order valence-corrected chi connectivity index (χ0v) is 11.8. The van der Waals surface area contributed by atoms with E-state index >= 15 is 0 Å². The summed E-state index contributed by atoms with van der Waals surface area (Å²) < 4.78 is 0. The molecule has 6 heteroatoms. The van der Waals surface area contributed by atoms with Crippen molar-refractivity contribution in [2.45, 2.75) is 34.1 Å². The van der Waals surface area contributed by atoms with E-state index in [2.05, 4.69) is 36.4 Å². The quantitative estimate of drug-likeness (QED) is 0.675. The minimum Gasteiger partial charge on any atom is -0.477 e. The van der Waals surface area contributed by atoms with Crippen molar-refractivity contribution < 1.29 is 14.7 Å². The van der Waals surface area contributed by atoms with E-state index in [-0.39, 0.29) is 16.8 Å². The van der Waals surface area contributed by atoms with Crippen LogP contribution in [0.4, 0.5) is 10.5 Å². The van der Waals surface area contributed by atoms with Gasteiger partial charge in [0.05, 0.1) is 5.69 Å². The molecule has 6 nitrogen and oxygen atoms in total. The van der Waals surface area contributed by atoms with Crippen molar-refractivity contribution in [1.82, 2.24) is 10.3 Å². The number of carbonyl (C=O) groups is 2. The van der Waals surface area contributed by atoms with Gasteiger partial charge in [0, 0.05) is 12.2 Å². The van der Waals surface area contributed by atoms with Gasteiger partial charge in [0.2, 0.25) is 0 Å². The average molecular weight is 267 g/mol. The second-order valence-corrected chi connectivity index (χ2v) is 5.74. The summed E-state index contributed by atoms with van der Waals surface area (Å²) in [7, 11) is 0. The Morgan fingerprint density at radius 1 is 1.37 bits per heavy atom. The van der Waals surface area contributed by atoms with Gasteiger partial charge in [-0.05, 0) is 24.8 Å². The molecule has 0 radical (unpaired) electrons. The van der Waals surface area contributed by atoms with Crippen molar-refractivity contribution in [2.24, 2.45) is 5.41 Å². The Balaban J connectivity index is 2.55. The zero-order valence-electron chi connectivity index (χ0n) is 11.8. The van der Waals surface area contributed by atoms with Crippen LogP contribution >= 0.6 is 0 Å². The van der Waals surface area contributed by atoms with Gasteiger partial charge in [-0.2, -0.15) is 0 Å². The van der Waals surface area contributed by atoms with Crippen LogP contribution in [-0.4, -0.2) is 28.6 Å². The molecule has 0 atom stereocenters. The molecule has 0 bridgehead atoms. The average Bonchev–Trinajstić information content (AvgIpc) is 2.57. The van der Waals surface area contributed by atoms with Crippen molar-refractivity contribution in [3.63, 3.8) is 0 Å². The fraction of sp³-hybridized carbons (Fsp3) is 0.538. The van der Waals surface area contributed by atoms with Crippen molar-refractivity contribution in [2.75, 3.05) is 11.9 Å². The molecule has 19 heavy (non-hydrogen) atoms. The Morgan fingerprint density at radius 3 is 2.53 bits per heavy atom. The number of carbonyl (C=O) groups excluding carboxylic acids is 1. The topological polar surface area (TPSA) is 94.2 Å². The molecule has 0 aromatic carbocycles. The first-order valence-corrected chi connectivity index (χ1v) is 6.17. The predicted molar refractivity (Wildman–Crippen MR) is 73.6 cm³/mol. The van der Waals surface area contributed by atoms with E-state index in [0.29, 0.717) is 12.2 Å². The first-order chi connectivity index (χ1) is 8.69. The summed E-state index contributed by atoms with van der Waals surface area (Å²) in [6, 6.07) is 1.19. The maximum atomic E-state index is 11.7. The molecule has 0 fully saturated rings. The first kappa shape index (κ1) is 15.1. The Kier molecular flexibility index (Phi) is 4.58. The summed E-state index contributed by atoms with van der Waals surface area (Å²) in [6.45, 7) is 8.54. The number of urea groups is 1. The summed E-state index contributed by atoms with van der Waals surface area (Å²) in [6.07, 6.45) is 0.846. The lowest BCUT2D eigenvalue weighted by Gasteiger charge is -2.18. The molecule has 2 amide bonds. The van der Waals surface area contributed by atoms with Crippen molar-refractivity contribution >= 4 is 17.7 Å². The molecule has 0 saturated heterocycles. The van der Waals surface area contributed by atoms with Crippen molar-refractivity contribution in [1.29, 1.82) is 0 Å². The van der Waals surface area contributed by atoms with Crippen LogP contribution in [0.3, 0.4) is 0 Å². The number of aromatic amines is 1. The maximum Gasteiger partial charge on any atom is 0.354 e. The van der Waals surface area contributed by atoms with Crippen LogP contribution < -0.4 is 10.6 Å². The monoisotopic (exact) mass is 267 g/mol. The van der Waals surface area contributed by atoms with Gasteiger partial charge in [0.15, 0.2) is 0 Å². The first-order valence-electron chi connectivity index (χ1n) is 6.17. The number of aromatic nitrogens is 1. The second kappa shape index (κ2) is 5.77. The standard InChI is InChI=1S/C13H21N3O3/c1-8-7-9(10(15-8)11(17)18)16-12(19)14-6-5-13(2,3)4/h7,15H,5-6H2,1-4H3,(H,17,18)(H2,14,16,19). The number of rotatable bonds is 4. The Morgan fingerprint density at radius 2 is 2.00 bits per heavy atom. The lowest BCUT2D eigenvalue weighted by atomic mass is 9.92. The van der Waals surface area contributed by atoms with E-state index in [1.165, 1.54) is 0 Å². The van der Waals surface area contributed by atoms with E-state index in [0.717, 1.165) is 6.42 Å². The lowest BCUT2D eigenvalue weighted by Crippen LogP contribution is -2.31. The van der Waals surface area contributed by atoms with Gasteiger partial charge in [-0.3, -0.25) is 0 Å². The molecule has 0 aliphatic carbocycles. The Hall–Kier alpha value is -1.98. The smallest absolute Gasteiger partial charge is 0.354 e. The van der Waals surface area contributed by atoms with Gasteiger partial charge < -0.3 is 20.7 Å². The van der Waals surface area contributed by atoms with Crippen LogP contribution in [0, 0.1) is 12.3 Å². The maximum absolute atomic E-state index is 11.7. The van der Waals surface area contributed by atoms with Gasteiger partial charge in [-0.1, -0.05) is 20.8 Å². The van der Waals surface area contributed by atoms with E-state index in [9.17, 15) is 9.59 Å². The van der Waals surface area contributed by atoms with Gasteiger partial charge in [-0.25, -0.2) is 9.59 Å². The van der Waals surface area contributed by atoms with E-state index in [1.807, 2.05) is 0 Å². The van der Waals surface area contributed by atoms with Crippen LogP contribution in [0.2, 0.25) is 0 Å². The third kappa shape index (κ3) is 5.03. The molecule has 1 aromatic heterocycles. The number of carboxylic acid groups (broad SMARTS) is 1. The molecule has 1 aromatic rings.